The molecule has 12 heteroatoms. The number of hydrogen-bond donors (Lipinski definition) is 2. The van der Waals surface area contributed by atoms with Crippen molar-refractivity contribution in [3.05, 3.63) is 77.4 Å². The molecule has 1 fully saturated rings. The number of piperidine rings is 1. The lowest BCUT2D eigenvalue weighted by Crippen LogP contribution is -2.35. The molecule has 9 nitrogen and oxygen atoms in total. The second kappa shape index (κ2) is 10.8. The van der Waals surface area contributed by atoms with Gasteiger partial charge in [-0.1, -0.05) is 0 Å². The molecule has 0 saturated carbocycles. The molecule has 0 spiro atoms. The van der Waals surface area contributed by atoms with Crippen molar-refractivity contribution in [2.45, 2.75) is 25.7 Å². The molecule has 2 aromatic heterocycles. The molecule has 42 heavy (non-hydrogen) atoms. The Morgan fingerprint density at radius 1 is 1.05 bits per heavy atom. The van der Waals surface area contributed by atoms with E-state index in [-0.39, 0.29) is 23.0 Å². The normalized spacial score (nSPS) is 15.8. The molecule has 5 aromatic rings. The summed E-state index contributed by atoms with van der Waals surface area (Å²) in [4.78, 5) is 19.6. The number of nitrogens with one attached hydrogen (secondary N) is 2. The smallest absolute Gasteiger partial charge is 0.298 e. The number of carbonyl (C=O) groups is 1. The number of nitrogens with zero attached hydrogens (tertiary/aromatic N) is 2. The summed E-state index contributed by atoms with van der Waals surface area (Å²) in [5.41, 5.74) is 2.97. The van der Waals surface area contributed by atoms with E-state index in [9.17, 15) is 22.0 Å². The van der Waals surface area contributed by atoms with Gasteiger partial charge in [0, 0.05) is 49.1 Å². The fraction of sp³-hybridized carbons (Fsp3) is 0.267. The molecule has 2 N–H and O–H groups in total. The zero-order valence-corrected chi connectivity index (χ0v) is 23.7. The predicted molar refractivity (Wildman–Crippen MR) is 156 cm³/mol. The van der Waals surface area contributed by atoms with Gasteiger partial charge in [0.05, 0.1) is 17.0 Å². The van der Waals surface area contributed by atoms with E-state index < -0.39 is 27.6 Å². The lowest BCUT2D eigenvalue weighted by Gasteiger charge is -2.33. The second-order valence-electron chi connectivity index (χ2n) is 10.2. The van der Waals surface area contributed by atoms with E-state index in [2.05, 4.69) is 15.0 Å². The van der Waals surface area contributed by atoms with Crippen molar-refractivity contribution in [1.29, 1.82) is 0 Å². The van der Waals surface area contributed by atoms with E-state index in [1.165, 1.54) is 49.5 Å². The zero-order valence-electron chi connectivity index (χ0n) is 22.9. The molecule has 1 aliphatic heterocycles. The molecular weight excluding hydrogens is 566 g/mol. The third kappa shape index (κ3) is 5.18. The van der Waals surface area contributed by atoms with E-state index in [0.29, 0.717) is 58.0 Å². The number of furan rings is 1. The molecule has 1 amide bonds. The standard InChI is InChI=1S/C30H28F2N4O5S/c1-3-42(38,39)35-23-15-26-22(27(29(37)33-2)28(40-26)17-6-8-19(31)9-7-17)14-21(23)18-5-4-12-36(16-18)30-34-24-13-20(32)10-11-25(24)41-30/h6-11,13-15,18,35H,3-5,12,16H2,1-2H3,(H,33,37). The number of halogens is 2. The number of fused-ring (bicyclic) bond motifs is 2. The Hall–Kier alpha value is -4.45. The molecule has 6 rings (SSSR count). The van der Waals surface area contributed by atoms with Crippen LogP contribution in [0.15, 0.2) is 63.4 Å². The van der Waals surface area contributed by atoms with Gasteiger partial charge in [-0.15, -0.1) is 0 Å². The minimum Gasteiger partial charge on any atom is -0.455 e. The maximum Gasteiger partial charge on any atom is 0.298 e. The summed E-state index contributed by atoms with van der Waals surface area (Å²) >= 11 is 0. The Balaban J connectivity index is 1.47. The summed E-state index contributed by atoms with van der Waals surface area (Å²) in [5, 5.41) is 3.14. The van der Waals surface area contributed by atoms with Gasteiger partial charge in [0.2, 0.25) is 10.0 Å². The van der Waals surface area contributed by atoms with Crippen molar-refractivity contribution in [2.24, 2.45) is 0 Å². The minimum absolute atomic E-state index is 0.136. The van der Waals surface area contributed by atoms with Crippen LogP contribution in [0.2, 0.25) is 0 Å². The highest BCUT2D eigenvalue weighted by atomic mass is 32.2. The van der Waals surface area contributed by atoms with Crippen LogP contribution < -0.4 is 14.9 Å². The number of anilines is 2. The fourth-order valence-electron chi connectivity index (χ4n) is 5.41. The second-order valence-corrected chi connectivity index (χ2v) is 12.2. The number of benzene rings is 3. The molecule has 0 bridgehead atoms. The number of carbonyl (C=O) groups excluding carboxylic acids is 1. The highest BCUT2D eigenvalue weighted by molar-refractivity contribution is 7.92. The van der Waals surface area contributed by atoms with Crippen LogP contribution in [0.25, 0.3) is 33.4 Å². The molecule has 0 radical (unpaired) electrons. The number of oxazole rings is 1. The molecule has 1 saturated heterocycles. The van der Waals surface area contributed by atoms with E-state index >= 15 is 0 Å². The van der Waals surface area contributed by atoms with Crippen LogP contribution in [0.5, 0.6) is 0 Å². The monoisotopic (exact) mass is 594 g/mol. The first kappa shape index (κ1) is 27.7. The molecular formula is C30H28F2N4O5S. The van der Waals surface area contributed by atoms with Crippen molar-refractivity contribution >= 4 is 49.7 Å². The van der Waals surface area contributed by atoms with Gasteiger partial charge in [0.15, 0.2) is 5.58 Å². The zero-order chi connectivity index (χ0) is 29.6. The van der Waals surface area contributed by atoms with Gasteiger partial charge in [0.25, 0.3) is 11.9 Å². The first-order valence-corrected chi connectivity index (χ1v) is 15.2. The maximum absolute atomic E-state index is 13.7. The van der Waals surface area contributed by atoms with Crippen LogP contribution in [-0.4, -0.2) is 45.2 Å². The average Bonchev–Trinajstić information content (AvgIpc) is 3.57. The molecule has 3 heterocycles. The van der Waals surface area contributed by atoms with Gasteiger partial charge in [0.1, 0.15) is 28.5 Å². The van der Waals surface area contributed by atoms with Crippen molar-refractivity contribution in [2.75, 3.05) is 35.5 Å². The van der Waals surface area contributed by atoms with Gasteiger partial charge < -0.3 is 19.1 Å². The number of rotatable bonds is 7. The number of amides is 1. The topological polar surface area (TPSA) is 118 Å². The van der Waals surface area contributed by atoms with Crippen LogP contribution in [0.4, 0.5) is 20.5 Å². The van der Waals surface area contributed by atoms with Crippen molar-refractivity contribution in [3.63, 3.8) is 0 Å². The van der Waals surface area contributed by atoms with Gasteiger partial charge in [-0.05, 0) is 67.8 Å². The lowest BCUT2D eigenvalue weighted by atomic mass is 9.88. The summed E-state index contributed by atoms with van der Waals surface area (Å²) in [6, 6.07) is 13.5. The highest BCUT2D eigenvalue weighted by Gasteiger charge is 2.30. The minimum atomic E-state index is -3.66. The molecule has 218 valence electrons. The van der Waals surface area contributed by atoms with Crippen LogP contribution in [0, 0.1) is 11.6 Å². The molecule has 1 unspecified atom stereocenters. The molecule has 1 aliphatic rings. The largest absolute Gasteiger partial charge is 0.455 e. The van der Waals surface area contributed by atoms with Gasteiger partial charge in [-0.25, -0.2) is 17.2 Å². The average molecular weight is 595 g/mol. The van der Waals surface area contributed by atoms with E-state index in [0.717, 1.165) is 12.8 Å². The number of hydrogen-bond acceptors (Lipinski definition) is 7. The van der Waals surface area contributed by atoms with Crippen LogP contribution >= 0.6 is 0 Å². The summed E-state index contributed by atoms with van der Waals surface area (Å²) in [6.45, 7) is 2.63. The predicted octanol–water partition coefficient (Wildman–Crippen LogP) is 6.02. The van der Waals surface area contributed by atoms with Gasteiger partial charge >= 0.3 is 0 Å². The quantitative estimate of drug-likeness (QED) is 0.236. The number of aromatic nitrogens is 1. The van der Waals surface area contributed by atoms with Crippen LogP contribution in [-0.2, 0) is 10.0 Å². The third-order valence-electron chi connectivity index (χ3n) is 7.54. The summed E-state index contributed by atoms with van der Waals surface area (Å²) in [5.74, 6) is -1.30. The van der Waals surface area contributed by atoms with E-state index in [1.54, 1.807) is 19.1 Å². The van der Waals surface area contributed by atoms with E-state index in [1.807, 2.05) is 4.90 Å². The molecule has 1 atom stereocenters. The maximum atomic E-state index is 13.7. The Bertz CT molecular complexity index is 1920. The first-order chi connectivity index (χ1) is 20.2. The molecule has 0 aliphatic carbocycles. The highest BCUT2D eigenvalue weighted by Crippen LogP contribution is 2.41. The van der Waals surface area contributed by atoms with Crippen LogP contribution in [0.3, 0.4) is 0 Å². The number of sulfonamides is 1. The SMILES string of the molecule is CCS(=O)(=O)Nc1cc2oc(-c3ccc(F)cc3)c(C(=O)NC)c2cc1C1CCCN(c2nc3cc(F)ccc3o2)C1. The third-order valence-corrected chi connectivity index (χ3v) is 8.83. The summed E-state index contributed by atoms with van der Waals surface area (Å²) in [6.07, 6.45) is 1.49. The Morgan fingerprint density at radius 2 is 1.81 bits per heavy atom. The van der Waals surface area contributed by atoms with Gasteiger partial charge in [-0.2, -0.15) is 4.98 Å². The Kier molecular flexibility index (Phi) is 7.09. The van der Waals surface area contributed by atoms with Crippen molar-refractivity contribution in [1.82, 2.24) is 10.3 Å². The Labute approximate surface area is 240 Å². The van der Waals surface area contributed by atoms with Crippen LogP contribution in [0.1, 0.15) is 41.6 Å². The first-order valence-electron chi connectivity index (χ1n) is 13.6. The van der Waals surface area contributed by atoms with E-state index in [4.69, 9.17) is 8.83 Å². The molecule has 3 aromatic carbocycles. The fourth-order valence-corrected chi connectivity index (χ4v) is 6.07. The van der Waals surface area contributed by atoms with Gasteiger partial charge in [-0.3, -0.25) is 9.52 Å². The van der Waals surface area contributed by atoms with Crippen molar-refractivity contribution < 1.29 is 30.8 Å². The Morgan fingerprint density at radius 3 is 2.55 bits per heavy atom. The van der Waals surface area contributed by atoms with Crippen molar-refractivity contribution in [3.8, 4) is 11.3 Å². The lowest BCUT2D eigenvalue weighted by molar-refractivity contribution is 0.0964. The summed E-state index contributed by atoms with van der Waals surface area (Å²) < 4.78 is 67.6. The summed E-state index contributed by atoms with van der Waals surface area (Å²) in [7, 11) is -2.16.